The molecule has 0 aliphatic heterocycles. The molecule has 5 heteroatoms. The lowest BCUT2D eigenvalue weighted by Crippen LogP contribution is -2.09. The zero-order valence-corrected chi connectivity index (χ0v) is 11.1. The van der Waals surface area contributed by atoms with Gasteiger partial charge in [-0.3, -0.25) is 5.41 Å². The van der Waals surface area contributed by atoms with Gasteiger partial charge in [-0.1, -0.05) is 27.5 Å². The predicted molar refractivity (Wildman–Crippen MR) is 70.4 cm³/mol. The van der Waals surface area contributed by atoms with Crippen molar-refractivity contribution in [3.05, 3.63) is 27.7 Å². The number of hydrogen-bond donors (Lipinski definition) is 2. The topological polar surface area (TPSA) is 59.1 Å². The van der Waals surface area contributed by atoms with Gasteiger partial charge >= 0.3 is 0 Å². The van der Waals surface area contributed by atoms with Crippen molar-refractivity contribution in [2.45, 2.75) is 19.3 Å². The fourth-order valence-electron chi connectivity index (χ4n) is 1.19. The van der Waals surface area contributed by atoms with E-state index in [9.17, 15) is 0 Å². The van der Waals surface area contributed by atoms with Gasteiger partial charge in [0.15, 0.2) is 0 Å². The van der Waals surface area contributed by atoms with Gasteiger partial charge in [-0.15, -0.1) is 0 Å². The van der Waals surface area contributed by atoms with E-state index in [-0.39, 0.29) is 5.84 Å². The summed E-state index contributed by atoms with van der Waals surface area (Å²) in [7, 11) is 0. The summed E-state index contributed by atoms with van der Waals surface area (Å²) in [6, 6.07) is 5.51. The predicted octanol–water partition coefficient (Wildman–Crippen LogP) is 3.59. The van der Waals surface area contributed by atoms with Crippen molar-refractivity contribution in [2.24, 2.45) is 5.73 Å². The standard InChI is InChI=1S/C11H14BrClN2O/c12-8-4-5-10(9(13)7-8)16-6-2-1-3-11(14)15/h4-5,7H,1-3,6H2,(H3,14,15). The van der Waals surface area contributed by atoms with Crippen molar-refractivity contribution < 1.29 is 4.74 Å². The van der Waals surface area contributed by atoms with Crippen LogP contribution in [-0.4, -0.2) is 12.4 Å². The van der Waals surface area contributed by atoms with Crippen LogP contribution in [0.4, 0.5) is 0 Å². The Bertz CT molecular complexity index is 371. The average Bonchev–Trinajstić information content (AvgIpc) is 2.20. The van der Waals surface area contributed by atoms with E-state index >= 15 is 0 Å². The van der Waals surface area contributed by atoms with Crippen LogP contribution < -0.4 is 10.5 Å². The molecule has 1 rings (SSSR count). The molecule has 0 fully saturated rings. The Morgan fingerprint density at radius 1 is 1.44 bits per heavy atom. The summed E-state index contributed by atoms with van der Waals surface area (Å²) in [5, 5.41) is 7.66. The molecular formula is C11H14BrClN2O. The third-order valence-electron chi connectivity index (χ3n) is 1.99. The average molecular weight is 306 g/mol. The van der Waals surface area contributed by atoms with E-state index in [1.54, 1.807) is 6.07 Å². The van der Waals surface area contributed by atoms with Crippen LogP contribution in [0.3, 0.4) is 0 Å². The molecule has 0 amide bonds. The van der Waals surface area contributed by atoms with Crippen LogP contribution in [0.2, 0.25) is 5.02 Å². The Kier molecular flexibility index (Phi) is 5.63. The lowest BCUT2D eigenvalue weighted by atomic mass is 10.2. The van der Waals surface area contributed by atoms with E-state index in [0.717, 1.165) is 17.3 Å². The SMILES string of the molecule is N=C(N)CCCCOc1ccc(Br)cc1Cl. The first-order valence-electron chi connectivity index (χ1n) is 5.00. The molecule has 1 aromatic rings. The van der Waals surface area contributed by atoms with Gasteiger partial charge in [-0.25, -0.2) is 0 Å². The maximum Gasteiger partial charge on any atom is 0.137 e. The first-order chi connectivity index (χ1) is 7.59. The van der Waals surface area contributed by atoms with Crippen LogP contribution in [-0.2, 0) is 0 Å². The van der Waals surface area contributed by atoms with Gasteiger partial charge in [-0.2, -0.15) is 0 Å². The Morgan fingerprint density at radius 2 is 2.19 bits per heavy atom. The first kappa shape index (κ1) is 13.3. The Morgan fingerprint density at radius 3 is 2.81 bits per heavy atom. The molecule has 88 valence electrons. The summed E-state index contributed by atoms with van der Waals surface area (Å²) in [6.45, 7) is 0.592. The Balaban J connectivity index is 2.29. The molecule has 0 aliphatic rings. The van der Waals surface area contributed by atoms with Crippen molar-refractivity contribution in [2.75, 3.05) is 6.61 Å². The normalized spacial score (nSPS) is 10.1. The molecule has 0 heterocycles. The van der Waals surface area contributed by atoms with Crippen LogP contribution in [0, 0.1) is 5.41 Å². The molecule has 3 nitrogen and oxygen atoms in total. The van der Waals surface area contributed by atoms with Gasteiger partial charge in [0.2, 0.25) is 0 Å². The number of unbranched alkanes of at least 4 members (excludes halogenated alkanes) is 1. The number of hydrogen-bond acceptors (Lipinski definition) is 2. The fraction of sp³-hybridized carbons (Fsp3) is 0.364. The monoisotopic (exact) mass is 304 g/mol. The minimum Gasteiger partial charge on any atom is -0.492 e. The number of halogens is 2. The maximum atomic E-state index is 7.06. The van der Waals surface area contributed by atoms with Crippen LogP contribution in [0.25, 0.3) is 0 Å². The summed E-state index contributed by atoms with van der Waals surface area (Å²) >= 11 is 9.31. The van der Waals surface area contributed by atoms with E-state index < -0.39 is 0 Å². The molecule has 0 saturated heterocycles. The molecule has 0 atom stereocenters. The first-order valence-corrected chi connectivity index (χ1v) is 6.17. The third-order valence-corrected chi connectivity index (χ3v) is 2.78. The highest BCUT2D eigenvalue weighted by molar-refractivity contribution is 9.10. The fourth-order valence-corrected chi connectivity index (χ4v) is 1.92. The van der Waals surface area contributed by atoms with Crippen molar-refractivity contribution in [3.63, 3.8) is 0 Å². The van der Waals surface area contributed by atoms with Crippen LogP contribution >= 0.6 is 27.5 Å². The molecule has 0 unspecified atom stereocenters. The second kappa shape index (κ2) is 6.76. The van der Waals surface area contributed by atoms with Gasteiger partial charge in [0.05, 0.1) is 17.5 Å². The molecule has 3 N–H and O–H groups in total. The smallest absolute Gasteiger partial charge is 0.137 e. The molecule has 0 radical (unpaired) electrons. The highest BCUT2D eigenvalue weighted by Gasteiger charge is 2.01. The quantitative estimate of drug-likeness (QED) is 0.479. The molecule has 0 saturated carbocycles. The van der Waals surface area contributed by atoms with Crippen molar-refractivity contribution >= 4 is 33.4 Å². The van der Waals surface area contributed by atoms with Crippen molar-refractivity contribution in [3.8, 4) is 5.75 Å². The van der Waals surface area contributed by atoms with Gasteiger partial charge in [-0.05, 0) is 31.0 Å². The van der Waals surface area contributed by atoms with E-state index in [1.807, 2.05) is 12.1 Å². The lowest BCUT2D eigenvalue weighted by molar-refractivity contribution is 0.308. The van der Waals surface area contributed by atoms with Crippen LogP contribution in [0.5, 0.6) is 5.75 Å². The minimum atomic E-state index is 0.224. The van der Waals surface area contributed by atoms with E-state index in [2.05, 4.69) is 15.9 Å². The van der Waals surface area contributed by atoms with Crippen molar-refractivity contribution in [1.82, 2.24) is 0 Å². The van der Waals surface area contributed by atoms with E-state index in [1.165, 1.54) is 0 Å². The van der Waals surface area contributed by atoms with Gasteiger partial charge in [0.25, 0.3) is 0 Å². The van der Waals surface area contributed by atoms with Gasteiger partial charge in [0, 0.05) is 10.9 Å². The second-order valence-electron chi connectivity index (χ2n) is 3.41. The largest absolute Gasteiger partial charge is 0.492 e. The molecule has 16 heavy (non-hydrogen) atoms. The maximum absolute atomic E-state index is 7.06. The van der Waals surface area contributed by atoms with Gasteiger partial charge in [0.1, 0.15) is 5.75 Å². The lowest BCUT2D eigenvalue weighted by Gasteiger charge is -2.07. The number of nitrogens with one attached hydrogen (secondary N) is 1. The summed E-state index contributed by atoms with van der Waals surface area (Å²) in [5.74, 6) is 0.911. The summed E-state index contributed by atoms with van der Waals surface area (Å²) in [4.78, 5) is 0. The number of ether oxygens (including phenoxy) is 1. The molecule has 0 aromatic heterocycles. The second-order valence-corrected chi connectivity index (χ2v) is 4.73. The summed E-state index contributed by atoms with van der Waals surface area (Å²) < 4.78 is 6.44. The van der Waals surface area contributed by atoms with E-state index in [0.29, 0.717) is 23.8 Å². The molecule has 0 aliphatic carbocycles. The van der Waals surface area contributed by atoms with Gasteiger partial charge < -0.3 is 10.5 Å². The number of rotatable bonds is 6. The Hall–Kier alpha value is -0.740. The highest BCUT2D eigenvalue weighted by atomic mass is 79.9. The molecule has 0 bridgehead atoms. The zero-order valence-electron chi connectivity index (χ0n) is 8.80. The minimum absolute atomic E-state index is 0.224. The molecule has 1 aromatic carbocycles. The number of nitrogens with two attached hydrogens (primary N) is 1. The summed E-state index contributed by atoms with van der Waals surface area (Å²) in [5.41, 5.74) is 5.24. The summed E-state index contributed by atoms with van der Waals surface area (Å²) in [6.07, 6.45) is 2.35. The van der Waals surface area contributed by atoms with Crippen LogP contribution in [0.1, 0.15) is 19.3 Å². The number of amidine groups is 1. The molecule has 0 spiro atoms. The number of benzene rings is 1. The Labute approximate surface area is 109 Å². The molecular weight excluding hydrogens is 291 g/mol. The third kappa shape index (κ3) is 4.86. The van der Waals surface area contributed by atoms with Crippen LogP contribution in [0.15, 0.2) is 22.7 Å². The highest BCUT2D eigenvalue weighted by Crippen LogP contribution is 2.27. The van der Waals surface area contributed by atoms with Crippen molar-refractivity contribution in [1.29, 1.82) is 5.41 Å². The van der Waals surface area contributed by atoms with E-state index in [4.69, 9.17) is 27.5 Å². The zero-order chi connectivity index (χ0) is 12.0.